The molecule has 0 N–H and O–H groups in total. The molecule has 166 valence electrons. The fourth-order valence-electron chi connectivity index (χ4n) is 4.16. The number of carbonyl (C=O) groups excluding carboxylic acids is 2. The maximum absolute atomic E-state index is 13.4. The number of carbonyl (C=O) groups is 2. The molecule has 0 bridgehead atoms. The molecule has 4 rings (SSSR count). The van der Waals surface area contributed by atoms with Crippen LogP contribution in [-0.2, 0) is 11.3 Å². The summed E-state index contributed by atoms with van der Waals surface area (Å²) in [4.78, 5) is 39.5. The third-order valence-electron chi connectivity index (χ3n) is 5.78. The minimum absolute atomic E-state index is 0.108. The molecule has 0 spiro atoms. The molecule has 0 radical (unpaired) electrons. The van der Waals surface area contributed by atoms with E-state index in [1.165, 1.54) is 24.1 Å². The van der Waals surface area contributed by atoms with Crippen LogP contribution in [0.5, 0.6) is 5.75 Å². The van der Waals surface area contributed by atoms with Gasteiger partial charge in [-0.3, -0.25) is 14.9 Å². The van der Waals surface area contributed by atoms with Gasteiger partial charge in [0.15, 0.2) is 0 Å². The van der Waals surface area contributed by atoms with Gasteiger partial charge in [-0.15, -0.1) is 0 Å². The first-order valence-corrected chi connectivity index (χ1v) is 10.0. The Balaban J connectivity index is 1.94. The molecule has 2 aromatic rings. The van der Waals surface area contributed by atoms with Crippen LogP contribution in [0.3, 0.4) is 0 Å². The molecule has 9 heteroatoms. The van der Waals surface area contributed by atoms with E-state index in [-0.39, 0.29) is 18.1 Å². The number of benzene rings is 2. The predicted octanol–water partition coefficient (Wildman–Crippen LogP) is 3.83. The van der Waals surface area contributed by atoms with E-state index in [0.717, 1.165) is 5.56 Å². The van der Waals surface area contributed by atoms with Crippen molar-refractivity contribution in [3.8, 4) is 5.75 Å². The maximum atomic E-state index is 13.4. The number of fused-ring (bicyclic) bond motifs is 2. The molecule has 0 saturated heterocycles. The van der Waals surface area contributed by atoms with E-state index < -0.39 is 16.6 Å². The summed E-state index contributed by atoms with van der Waals surface area (Å²) in [5.74, 6) is 0.229. The average molecular weight is 437 g/mol. The van der Waals surface area contributed by atoms with Crippen LogP contribution in [-0.4, -0.2) is 53.0 Å². The molecule has 0 unspecified atom stereocenters. The van der Waals surface area contributed by atoms with E-state index in [2.05, 4.69) is 0 Å². The second kappa shape index (κ2) is 7.67. The highest BCUT2D eigenvalue weighted by molar-refractivity contribution is 6.04. The molecule has 2 amide bonds. The summed E-state index contributed by atoms with van der Waals surface area (Å²) in [6.45, 7) is 4.10. The molecule has 0 fully saturated rings. The third kappa shape index (κ3) is 3.45. The maximum Gasteiger partial charge on any atom is 0.409 e. The number of rotatable bonds is 4. The predicted molar refractivity (Wildman–Crippen MR) is 116 cm³/mol. The van der Waals surface area contributed by atoms with Gasteiger partial charge in [-0.05, 0) is 31.5 Å². The van der Waals surface area contributed by atoms with Crippen molar-refractivity contribution in [3.63, 3.8) is 0 Å². The van der Waals surface area contributed by atoms with E-state index in [1.807, 2.05) is 26.0 Å². The second-order valence-corrected chi connectivity index (χ2v) is 8.25. The number of hydrogen-bond acceptors (Lipinski definition) is 6. The summed E-state index contributed by atoms with van der Waals surface area (Å²) < 4.78 is 11.0. The molecule has 9 nitrogen and oxygen atoms in total. The zero-order valence-electron chi connectivity index (χ0n) is 18.2. The van der Waals surface area contributed by atoms with Crippen LogP contribution in [0.15, 0.2) is 48.0 Å². The molecule has 2 aliphatic heterocycles. The molecular weight excluding hydrogens is 414 g/mol. The number of nitrogens with zero attached hydrogens (tertiary/aromatic N) is 3. The van der Waals surface area contributed by atoms with E-state index in [4.69, 9.17) is 9.47 Å². The highest BCUT2D eigenvalue weighted by atomic mass is 16.6. The van der Waals surface area contributed by atoms with E-state index in [0.29, 0.717) is 34.7 Å². The minimum atomic E-state index is -0.893. The molecule has 0 atom stereocenters. The number of nitro groups is 1. The first kappa shape index (κ1) is 21.4. The summed E-state index contributed by atoms with van der Waals surface area (Å²) in [6, 6.07) is 11.6. The van der Waals surface area contributed by atoms with Gasteiger partial charge in [0.25, 0.3) is 11.6 Å². The minimum Gasteiger partial charge on any atom is -0.483 e. The zero-order chi connectivity index (χ0) is 23.2. The average Bonchev–Trinajstić information content (AvgIpc) is 3.09. The van der Waals surface area contributed by atoms with Crippen molar-refractivity contribution in [2.45, 2.75) is 26.0 Å². The number of ether oxygens (including phenoxy) is 2. The molecule has 0 aliphatic carbocycles. The summed E-state index contributed by atoms with van der Waals surface area (Å²) in [5, 5.41) is 11.5. The topological polar surface area (TPSA) is 102 Å². The van der Waals surface area contributed by atoms with Crippen LogP contribution in [0.2, 0.25) is 0 Å². The van der Waals surface area contributed by atoms with Crippen molar-refractivity contribution in [2.75, 3.05) is 20.7 Å². The lowest BCUT2D eigenvalue weighted by molar-refractivity contribution is -0.384. The number of nitro benzene ring substituents is 1. The Bertz CT molecular complexity index is 1170. The Morgan fingerprint density at radius 1 is 1.25 bits per heavy atom. The van der Waals surface area contributed by atoms with Crippen LogP contribution >= 0.6 is 0 Å². The van der Waals surface area contributed by atoms with Crippen LogP contribution in [0, 0.1) is 10.1 Å². The van der Waals surface area contributed by atoms with Crippen molar-refractivity contribution >= 4 is 23.4 Å². The Hall–Kier alpha value is -3.88. The molecule has 2 aromatic carbocycles. The van der Waals surface area contributed by atoms with Crippen LogP contribution < -0.4 is 4.74 Å². The zero-order valence-corrected chi connectivity index (χ0v) is 18.2. The van der Waals surface area contributed by atoms with Gasteiger partial charge in [-0.1, -0.05) is 18.2 Å². The number of methoxy groups -OCH3 is 1. The van der Waals surface area contributed by atoms with Crippen molar-refractivity contribution in [3.05, 3.63) is 74.8 Å². The quantitative estimate of drug-likeness (QED) is 0.532. The van der Waals surface area contributed by atoms with Gasteiger partial charge in [0.2, 0.25) is 0 Å². The normalized spacial score (nSPS) is 16.2. The summed E-state index contributed by atoms with van der Waals surface area (Å²) in [6.07, 6.45) is -0.548. The molecule has 2 aliphatic rings. The first-order valence-electron chi connectivity index (χ1n) is 10.0. The van der Waals surface area contributed by atoms with Gasteiger partial charge in [0, 0.05) is 35.9 Å². The van der Waals surface area contributed by atoms with Gasteiger partial charge < -0.3 is 19.3 Å². The highest BCUT2D eigenvalue weighted by Gasteiger charge is 2.42. The highest BCUT2D eigenvalue weighted by Crippen LogP contribution is 2.46. The Kier molecular flexibility index (Phi) is 5.12. The Labute approximate surface area is 185 Å². The van der Waals surface area contributed by atoms with Crippen molar-refractivity contribution in [1.29, 1.82) is 0 Å². The molecular formula is C23H23N3O6. The molecule has 32 heavy (non-hydrogen) atoms. The first-order chi connectivity index (χ1) is 15.1. The molecule has 2 heterocycles. The lowest BCUT2D eigenvalue weighted by Gasteiger charge is -2.40. The summed E-state index contributed by atoms with van der Waals surface area (Å²) in [7, 11) is 2.87. The lowest BCUT2D eigenvalue weighted by Crippen LogP contribution is -2.43. The fourth-order valence-corrected chi connectivity index (χ4v) is 4.16. The lowest BCUT2D eigenvalue weighted by atomic mass is 9.88. The van der Waals surface area contributed by atoms with Gasteiger partial charge in [-0.25, -0.2) is 4.79 Å². The standard InChI is InChI=1S/C23H23N3O6/c1-23(2)18(13-24(3)22(28)31-4)20(17-11-15(26(29)30)9-10-19(17)32-23)25-12-14-7-5-6-8-16(14)21(25)27/h5-11H,12-13H2,1-4H3. The van der Waals surface area contributed by atoms with Crippen LogP contribution in [0.1, 0.15) is 35.3 Å². The number of non-ortho nitro benzene ring substituents is 1. The van der Waals surface area contributed by atoms with E-state index in [9.17, 15) is 19.7 Å². The number of amides is 2. The van der Waals surface area contributed by atoms with Crippen molar-refractivity contribution < 1.29 is 24.0 Å². The van der Waals surface area contributed by atoms with Crippen molar-refractivity contribution in [2.24, 2.45) is 0 Å². The van der Waals surface area contributed by atoms with Crippen molar-refractivity contribution in [1.82, 2.24) is 9.80 Å². The third-order valence-corrected chi connectivity index (χ3v) is 5.78. The SMILES string of the molecule is COC(=O)N(C)CC1=C(N2Cc3ccccc3C2=O)c2cc([N+](=O)[O-])ccc2OC1(C)C. The van der Waals surface area contributed by atoms with Gasteiger partial charge in [0.1, 0.15) is 11.4 Å². The van der Waals surface area contributed by atoms with Crippen LogP contribution in [0.4, 0.5) is 10.5 Å². The van der Waals surface area contributed by atoms with Gasteiger partial charge in [0.05, 0.1) is 30.8 Å². The monoisotopic (exact) mass is 437 g/mol. The van der Waals surface area contributed by atoms with Gasteiger partial charge >= 0.3 is 6.09 Å². The summed E-state index contributed by atoms with van der Waals surface area (Å²) >= 11 is 0. The van der Waals surface area contributed by atoms with Crippen LogP contribution in [0.25, 0.3) is 5.70 Å². The Morgan fingerprint density at radius 3 is 2.62 bits per heavy atom. The van der Waals surface area contributed by atoms with Gasteiger partial charge in [-0.2, -0.15) is 0 Å². The smallest absolute Gasteiger partial charge is 0.409 e. The molecule has 0 saturated carbocycles. The largest absolute Gasteiger partial charge is 0.483 e. The number of likely N-dealkylation sites (N-methyl/N-ethyl adjacent to an activating group) is 1. The fraction of sp³-hybridized carbons (Fsp3) is 0.304. The molecule has 0 aromatic heterocycles. The Morgan fingerprint density at radius 2 is 1.97 bits per heavy atom. The van der Waals surface area contributed by atoms with E-state index in [1.54, 1.807) is 30.1 Å². The summed E-state index contributed by atoms with van der Waals surface area (Å²) in [5.41, 5.74) is 2.02. The van der Waals surface area contributed by atoms with E-state index >= 15 is 0 Å². The second-order valence-electron chi connectivity index (χ2n) is 8.25. The number of hydrogen-bond donors (Lipinski definition) is 0.